The number of anilines is 1. The first-order valence-corrected chi connectivity index (χ1v) is 12.5. The maximum absolute atomic E-state index is 14.0. The van der Waals surface area contributed by atoms with Crippen LogP contribution >= 0.6 is 0 Å². The van der Waals surface area contributed by atoms with E-state index in [1.165, 1.54) is 17.2 Å². The molecular weight excluding hydrogens is 464 g/mol. The molecule has 0 fully saturated rings. The third-order valence-corrected chi connectivity index (χ3v) is 7.59. The van der Waals surface area contributed by atoms with Gasteiger partial charge in [0.05, 0.1) is 6.04 Å². The van der Waals surface area contributed by atoms with Crippen LogP contribution < -0.4 is 10.9 Å². The van der Waals surface area contributed by atoms with Crippen LogP contribution in [0.5, 0.6) is 0 Å². The number of aromatic nitrogens is 1. The van der Waals surface area contributed by atoms with Crippen LogP contribution in [0, 0.1) is 0 Å². The third kappa shape index (κ3) is 4.42. The molecule has 2 atom stereocenters. The number of rotatable bonds is 3. The fourth-order valence-corrected chi connectivity index (χ4v) is 5.57. The summed E-state index contributed by atoms with van der Waals surface area (Å²) in [5.41, 5.74) is 5.75. The highest BCUT2D eigenvalue weighted by atomic mass is 16.2. The monoisotopic (exact) mass is 492 g/mol. The van der Waals surface area contributed by atoms with E-state index in [0.717, 1.165) is 16.5 Å². The maximum atomic E-state index is 14.0. The number of pyridine rings is 1. The second kappa shape index (κ2) is 9.33. The number of fused-ring (bicyclic) bond motifs is 3. The van der Waals surface area contributed by atoms with Gasteiger partial charge in [-0.05, 0) is 60.0 Å². The number of nitrogens with zero attached hydrogens (tertiary/aromatic N) is 2. The summed E-state index contributed by atoms with van der Waals surface area (Å²) in [6.07, 6.45) is 1.09. The van der Waals surface area contributed by atoms with E-state index < -0.39 is 6.04 Å². The van der Waals surface area contributed by atoms with Crippen molar-refractivity contribution in [1.29, 1.82) is 0 Å². The topological polar surface area (TPSA) is 85.5 Å². The van der Waals surface area contributed by atoms with E-state index in [0.29, 0.717) is 37.1 Å². The zero-order valence-electron chi connectivity index (χ0n) is 20.6. The number of carbonyl (C=O) groups is 2. The van der Waals surface area contributed by atoms with E-state index in [1.807, 2.05) is 49.5 Å². The molecule has 0 saturated carbocycles. The zero-order valence-corrected chi connectivity index (χ0v) is 20.6. The third-order valence-electron chi connectivity index (χ3n) is 7.59. The predicted octanol–water partition coefficient (Wildman–Crippen LogP) is 3.48. The van der Waals surface area contributed by atoms with Crippen LogP contribution in [-0.2, 0) is 35.5 Å². The summed E-state index contributed by atoms with van der Waals surface area (Å²) in [6, 6.07) is 23.9. The highest BCUT2D eigenvalue weighted by Crippen LogP contribution is 2.29. The molecule has 6 rings (SSSR count). The molecule has 0 aliphatic carbocycles. The van der Waals surface area contributed by atoms with Gasteiger partial charge in [-0.3, -0.25) is 19.3 Å². The van der Waals surface area contributed by atoms with Gasteiger partial charge in [0.25, 0.3) is 0 Å². The molecule has 0 bridgehead atoms. The summed E-state index contributed by atoms with van der Waals surface area (Å²) in [6.45, 7) is 1.10. The minimum Gasteiger partial charge on any atom is -0.325 e. The van der Waals surface area contributed by atoms with Crippen molar-refractivity contribution in [2.75, 3.05) is 12.4 Å². The lowest BCUT2D eigenvalue weighted by Gasteiger charge is -2.41. The Morgan fingerprint density at radius 2 is 1.46 bits per heavy atom. The molecule has 7 heteroatoms. The van der Waals surface area contributed by atoms with Crippen LogP contribution in [0.25, 0.3) is 10.9 Å². The van der Waals surface area contributed by atoms with Crippen LogP contribution in [0.2, 0.25) is 0 Å². The summed E-state index contributed by atoms with van der Waals surface area (Å²) < 4.78 is 0. The molecule has 0 radical (unpaired) electrons. The molecule has 7 nitrogen and oxygen atoms in total. The van der Waals surface area contributed by atoms with Gasteiger partial charge in [-0.25, -0.2) is 0 Å². The van der Waals surface area contributed by atoms with Crippen molar-refractivity contribution in [2.24, 2.45) is 0 Å². The number of H-pyrrole nitrogens is 1. The van der Waals surface area contributed by atoms with Gasteiger partial charge in [0.2, 0.25) is 17.4 Å². The van der Waals surface area contributed by atoms with Gasteiger partial charge >= 0.3 is 0 Å². The van der Waals surface area contributed by atoms with E-state index in [9.17, 15) is 14.4 Å². The van der Waals surface area contributed by atoms with Crippen molar-refractivity contribution in [1.82, 2.24) is 14.8 Å². The summed E-state index contributed by atoms with van der Waals surface area (Å²) >= 11 is 0. The minimum absolute atomic E-state index is 0.0252. The van der Waals surface area contributed by atoms with Crippen molar-refractivity contribution < 1.29 is 9.59 Å². The Balaban J connectivity index is 1.29. The molecule has 4 aromatic rings. The molecule has 0 spiro atoms. The molecule has 2 aliphatic rings. The molecule has 2 amide bonds. The first-order chi connectivity index (χ1) is 18.0. The van der Waals surface area contributed by atoms with Crippen LogP contribution in [-0.4, -0.2) is 45.7 Å². The standard InChI is InChI=1S/C30H28N4O3/c1-33-17-22-8-4-2-7-20(22)16-27(33)30(37)34-18-23-9-5-3-6-19(23)15-26(34)29(36)31-24-11-12-25-21(14-24)10-13-28(35)32-25/h2-14,26-27H,15-18H2,1H3,(H,31,36)(H,32,35)/t26-,27?/m0/s1. The lowest BCUT2D eigenvalue weighted by Crippen LogP contribution is -2.57. The number of likely N-dealkylation sites (N-methyl/N-ethyl adjacent to an activating group) is 1. The molecule has 3 aromatic carbocycles. The predicted molar refractivity (Wildman–Crippen MR) is 143 cm³/mol. The van der Waals surface area contributed by atoms with Crippen LogP contribution in [0.4, 0.5) is 5.69 Å². The van der Waals surface area contributed by atoms with Crippen LogP contribution in [0.1, 0.15) is 22.3 Å². The maximum Gasteiger partial charge on any atom is 0.248 e. The van der Waals surface area contributed by atoms with Gasteiger partial charge in [-0.2, -0.15) is 0 Å². The summed E-state index contributed by atoms with van der Waals surface area (Å²) in [4.78, 5) is 45.9. The smallest absolute Gasteiger partial charge is 0.248 e. The van der Waals surface area contributed by atoms with E-state index in [1.54, 1.807) is 23.1 Å². The quantitative estimate of drug-likeness (QED) is 0.459. The highest BCUT2D eigenvalue weighted by Gasteiger charge is 2.40. The molecule has 186 valence electrons. The lowest BCUT2D eigenvalue weighted by molar-refractivity contribution is -0.144. The van der Waals surface area contributed by atoms with Gasteiger partial charge in [0.1, 0.15) is 6.04 Å². The Bertz CT molecular complexity index is 1580. The second-order valence-corrected chi connectivity index (χ2v) is 9.97. The first-order valence-electron chi connectivity index (χ1n) is 12.5. The lowest BCUT2D eigenvalue weighted by atomic mass is 9.90. The number of nitrogens with one attached hydrogen (secondary N) is 2. The van der Waals surface area contributed by atoms with E-state index in [4.69, 9.17) is 0 Å². The molecule has 1 aromatic heterocycles. The van der Waals surface area contributed by atoms with Crippen molar-refractivity contribution in [3.05, 3.63) is 111 Å². The van der Waals surface area contributed by atoms with Crippen LogP contribution in [0.3, 0.4) is 0 Å². The normalized spacial score (nSPS) is 19.2. The molecule has 1 unspecified atom stereocenters. The number of benzene rings is 3. The van der Waals surface area contributed by atoms with Crippen molar-refractivity contribution in [3.63, 3.8) is 0 Å². The number of carbonyl (C=O) groups excluding carboxylic acids is 2. The number of hydrogen-bond acceptors (Lipinski definition) is 4. The zero-order chi connectivity index (χ0) is 25.5. The average Bonchev–Trinajstić information content (AvgIpc) is 2.91. The molecular formula is C30H28N4O3. The van der Waals surface area contributed by atoms with Crippen molar-refractivity contribution in [3.8, 4) is 0 Å². The number of hydrogen-bond donors (Lipinski definition) is 2. The van der Waals surface area contributed by atoms with Crippen molar-refractivity contribution >= 4 is 28.4 Å². The van der Waals surface area contributed by atoms with Gasteiger partial charge in [0.15, 0.2) is 0 Å². The summed E-state index contributed by atoms with van der Waals surface area (Å²) in [5.74, 6) is -0.242. The largest absolute Gasteiger partial charge is 0.325 e. The fraction of sp³-hybridized carbons (Fsp3) is 0.233. The van der Waals surface area contributed by atoms with Crippen molar-refractivity contribution in [2.45, 2.75) is 38.0 Å². The van der Waals surface area contributed by atoms with Gasteiger partial charge < -0.3 is 15.2 Å². The molecule has 2 N–H and O–H groups in total. The molecule has 37 heavy (non-hydrogen) atoms. The first kappa shape index (κ1) is 23.2. The Labute approximate surface area is 214 Å². The average molecular weight is 493 g/mol. The fourth-order valence-electron chi connectivity index (χ4n) is 5.57. The second-order valence-electron chi connectivity index (χ2n) is 9.97. The number of aromatic amines is 1. The molecule has 0 saturated heterocycles. The molecule has 2 aliphatic heterocycles. The Hall–Kier alpha value is -4.23. The molecule has 3 heterocycles. The SMILES string of the molecule is CN1Cc2ccccc2CC1C(=O)N1Cc2ccccc2C[C@H]1C(=O)Nc1ccc2[nH]c(=O)ccc2c1. The minimum atomic E-state index is -0.626. The van der Waals surface area contributed by atoms with E-state index in [-0.39, 0.29) is 23.4 Å². The number of amides is 2. The van der Waals surface area contributed by atoms with Crippen LogP contribution in [0.15, 0.2) is 83.7 Å². The van der Waals surface area contributed by atoms with Gasteiger partial charge in [0, 0.05) is 42.2 Å². The highest BCUT2D eigenvalue weighted by molar-refractivity contribution is 5.99. The Morgan fingerprint density at radius 1 is 0.811 bits per heavy atom. The Morgan fingerprint density at radius 3 is 2.19 bits per heavy atom. The Kier molecular flexibility index (Phi) is 5.85. The summed E-state index contributed by atoms with van der Waals surface area (Å²) in [7, 11) is 1.98. The van der Waals surface area contributed by atoms with E-state index in [2.05, 4.69) is 27.3 Å². The van der Waals surface area contributed by atoms with Gasteiger partial charge in [-0.15, -0.1) is 0 Å². The van der Waals surface area contributed by atoms with Gasteiger partial charge in [-0.1, -0.05) is 48.5 Å². The summed E-state index contributed by atoms with van der Waals surface area (Å²) in [5, 5.41) is 3.85. The van der Waals surface area contributed by atoms with E-state index >= 15 is 0 Å².